The highest BCUT2D eigenvalue weighted by Crippen LogP contribution is 2.22. The fraction of sp³-hybridized carbons (Fsp3) is 0.526. The van der Waals surface area contributed by atoms with E-state index >= 15 is 0 Å². The number of carbonyl (C=O) groups excluding carboxylic acids is 3. The third kappa shape index (κ3) is 7.34. The Balaban J connectivity index is 2.77. The molecule has 0 aliphatic rings. The van der Waals surface area contributed by atoms with Gasteiger partial charge in [-0.05, 0) is 24.8 Å². The summed E-state index contributed by atoms with van der Waals surface area (Å²) >= 11 is 5.95. The number of esters is 1. The van der Waals surface area contributed by atoms with Crippen molar-refractivity contribution >= 4 is 35.1 Å². The summed E-state index contributed by atoms with van der Waals surface area (Å²) in [5.41, 5.74) is -0.271. The lowest BCUT2D eigenvalue weighted by Crippen LogP contribution is -2.46. The van der Waals surface area contributed by atoms with Gasteiger partial charge < -0.3 is 15.4 Å². The summed E-state index contributed by atoms with van der Waals surface area (Å²) < 4.78 is 5.04. The van der Waals surface area contributed by atoms with Crippen molar-refractivity contribution in [2.45, 2.75) is 46.7 Å². The third-order valence-electron chi connectivity index (χ3n) is 4.35. The molecule has 0 bridgehead atoms. The number of ether oxygens (including phenoxy) is 1. The molecule has 0 saturated carbocycles. The molecule has 2 unspecified atom stereocenters. The zero-order valence-corrected chi connectivity index (χ0v) is 17.8. The maximum Gasteiger partial charge on any atom is 0.329 e. The van der Waals surface area contributed by atoms with Crippen LogP contribution in [0.3, 0.4) is 0 Å². The van der Waals surface area contributed by atoms with Crippen LogP contribution in [0.4, 0.5) is 5.69 Å². The minimum atomic E-state index is -1.02. The lowest BCUT2D eigenvalue weighted by molar-refractivity contribution is -0.384. The molecule has 2 N–H and O–H groups in total. The van der Waals surface area contributed by atoms with Crippen LogP contribution >= 0.6 is 11.6 Å². The Bertz CT molecular complexity index is 781. The second-order valence-electron chi connectivity index (χ2n) is 7.32. The van der Waals surface area contributed by atoms with Gasteiger partial charge in [-0.25, -0.2) is 4.79 Å². The van der Waals surface area contributed by atoms with Gasteiger partial charge in [0.15, 0.2) is 6.61 Å². The Hall–Kier alpha value is -2.68. The van der Waals surface area contributed by atoms with Crippen LogP contribution in [0, 0.1) is 22.0 Å². The zero-order valence-electron chi connectivity index (χ0n) is 17.0. The molecule has 10 heteroatoms. The highest BCUT2D eigenvalue weighted by Gasteiger charge is 2.28. The molecule has 1 rings (SSSR count). The van der Waals surface area contributed by atoms with Gasteiger partial charge in [0.2, 0.25) is 0 Å². The van der Waals surface area contributed by atoms with Gasteiger partial charge in [-0.1, -0.05) is 39.3 Å². The zero-order chi connectivity index (χ0) is 22.3. The fourth-order valence-corrected chi connectivity index (χ4v) is 2.47. The number of hydrogen-bond acceptors (Lipinski definition) is 6. The predicted molar refractivity (Wildman–Crippen MR) is 108 cm³/mol. The molecule has 0 fully saturated rings. The van der Waals surface area contributed by atoms with E-state index in [9.17, 15) is 24.5 Å². The summed E-state index contributed by atoms with van der Waals surface area (Å²) in [4.78, 5) is 46.9. The molecule has 9 nitrogen and oxygen atoms in total. The maximum absolute atomic E-state index is 12.5. The van der Waals surface area contributed by atoms with Gasteiger partial charge in [0, 0.05) is 18.2 Å². The Morgan fingerprint density at radius 2 is 1.72 bits per heavy atom. The van der Waals surface area contributed by atoms with Crippen molar-refractivity contribution in [1.82, 2.24) is 10.6 Å². The highest BCUT2D eigenvalue weighted by molar-refractivity contribution is 6.34. The second kappa shape index (κ2) is 10.8. The highest BCUT2D eigenvalue weighted by atomic mass is 35.5. The van der Waals surface area contributed by atoms with Gasteiger partial charge in [0.1, 0.15) is 6.04 Å². The van der Waals surface area contributed by atoms with Gasteiger partial charge in [0.25, 0.3) is 17.5 Å². The summed E-state index contributed by atoms with van der Waals surface area (Å²) in [6, 6.07) is 2.30. The number of amides is 2. The number of nitrogens with zero attached hydrogens (tertiary/aromatic N) is 1. The smallest absolute Gasteiger partial charge is 0.329 e. The van der Waals surface area contributed by atoms with Crippen LogP contribution < -0.4 is 10.6 Å². The standard InChI is InChI=1S/C19H26ClN3O6/c1-10(2)12(5)21-16(24)9-29-19(26)17(11(3)4)22-18(25)14-7-6-13(23(27)28)8-15(14)20/h6-8,10-12,17H,9H2,1-5H3,(H,21,24)(H,22,25). The van der Waals surface area contributed by atoms with Crippen LogP contribution in [0.5, 0.6) is 0 Å². The number of non-ortho nitro benzene ring substituents is 1. The Morgan fingerprint density at radius 3 is 2.21 bits per heavy atom. The van der Waals surface area contributed by atoms with Gasteiger partial charge in [-0.2, -0.15) is 0 Å². The predicted octanol–water partition coefficient (Wildman–Crippen LogP) is 2.71. The Morgan fingerprint density at radius 1 is 1.10 bits per heavy atom. The van der Waals surface area contributed by atoms with Crippen molar-refractivity contribution in [2.75, 3.05) is 6.61 Å². The quantitative estimate of drug-likeness (QED) is 0.354. The number of hydrogen-bond donors (Lipinski definition) is 2. The molecule has 0 aliphatic carbocycles. The maximum atomic E-state index is 12.5. The third-order valence-corrected chi connectivity index (χ3v) is 4.66. The topological polar surface area (TPSA) is 128 Å². The Labute approximate surface area is 174 Å². The fourth-order valence-electron chi connectivity index (χ4n) is 2.21. The summed E-state index contributed by atoms with van der Waals surface area (Å²) in [6.07, 6.45) is 0. The number of carbonyl (C=O) groups is 3. The molecular weight excluding hydrogens is 402 g/mol. The molecule has 1 aromatic carbocycles. The minimum Gasteiger partial charge on any atom is -0.454 e. The average Bonchev–Trinajstić information content (AvgIpc) is 2.63. The van der Waals surface area contributed by atoms with Crippen LogP contribution in [-0.2, 0) is 14.3 Å². The number of nitro groups is 1. The van der Waals surface area contributed by atoms with Gasteiger partial charge >= 0.3 is 5.97 Å². The van der Waals surface area contributed by atoms with E-state index in [-0.39, 0.29) is 34.2 Å². The molecule has 0 spiro atoms. The summed E-state index contributed by atoms with van der Waals surface area (Å²) in [5.74, 6) is -1.99. The second-order valence-corrected chi connectivity index (χ2v) is 7.73. The van der Waals surface area contributed by atoms with Crippen molar-refractivity contribution in [3.05, 3.63) is 38.9 Å². The van der Waals surface area contributed by atoms with E-state index in [4.69, 9.17) is 16.3 Å². The molecule has 0 aliphatic heterocycles. The first-order valence-corrected chi connectivity index (χ1v) is 9.52. The largest absolute Gasteiger partial charge is 0.454 e. The van der Waals surface area contributed by atoms with E-state index in [1.807, 2.05) is 20.8 Å². The van der Waals surface area contributed by atoms with E-state index in [0.717, 1.165) is 12.1 Å². The number of benzene rings is 1. The molecule has 1 aromatic rings. The lowest BCUT2D eigenvalue weighted by Gasteiger charge is -2.22. The average molecular weight is 428 g/mol. The van der Waals surface area contributed by atoms with Crippen LogP contribution in [-0.4, -0.2) is 41.4 Å². The van der Waals surface area contributed by atoms with Crippen molar-refractivity contribution in [1.29, 1.82) is 0 Å². The molecule has 0 saturated heterocycles. The van der Waals surface area contributed by atoms with Crippen molar-refractivity contribution in [3.8, 4) is 0 Å². The van der Waals surface area contributed by atoms with E-state index in [1.54, 1.807) is 13.8 Å². The molecule has 2 amide bonds. The molecular formula is C19H26ClN3O6. The molecule has 0 radical (unpaired) electrons. The lowest BCUT2D eigenvalue weighted by atomic mass is 10.0. The van der Waals surface area contributed by atoms with Crippen molar-refractivity contribution in [2.24, 2.45) is 11.8 Å². The molecule has 0 aromatic heterocycles. The summed E-state index contributed by atoms with van der Waals surface area (Å²) in [7, 11) is 0. The number of nitrogens with one attached hydrogen (secondary N) is 2. The number of rotatable bonds is 9. The first-order chi connectivity index (χ1) is 13.4. The van der Waals surface area contributed by atoms with Crippen LogP contribution in [0.15, 0.2) is 18.2 Å². The summed E-state index contributed by atoms with van der Waals surface area (Å²) in [6.45, 7) is 8.67. The molecule has 29 heavy (non-hydrogen) atoms. The Kier molecular flexibility index (Phi) is 9.03. The van der Waals surface area contributed by atoms with Gasteiger partial charge in [0.05, 0.1) is 15.5 Å². The number of nitro benzene ring substituents is 1. The summed E-state index contributed by atoms with van der Waals surface area (Å²) in [5, 5.41) is 15.9. The van der Waals surface area contributed by atoms with E-state index in [0.29, 0.717) is 0 Å². The van der Waals surface area contributed by atoms with Crippen molar-refractivity contribution in [3.63, 3.8) is 0 Å². The molecule has 2 atom stereocenters. The monoisotopic (exact) mass is 427 g/mol. The normalized spacial score (nSPS) is 13.0. The molecule has 0 heterocycles. The first-order valence-electron chi connectivity index (χ1n) is 9.14. The van der Waals surface area contributed by atoms with Gasteiger partial charge in [-0.3, -0.25) is 19.7 Å². The van der Waals surface area contributed by atoms with Crippen molar-refractivity contribution < 1.29 is 24.0 Å². The van der Waals surface area contributed by atoms with E-state index < -0.39 is 35.4 Å². The first kappa shape index (κ1) is 24.4. The minimum absolute atomic E-state index is 0.0146. The molecule has 160 valence electrons. The van der Waals surface area contributed by atoms with Crippen LogP contribution in [0.2, 0.25) is 5.02 Å². The van der Waals surface area contributed by atoms with Crippen LogP contribution in [0.1, 0.15) is 45.0 Å². The van der Waals surface area contributed by atoms with Crippen LogP contribution in [0.25, 0.3) is 0 Å². The van der Waals surface area contributed by atoms with E-state index in [1.165, 1.54) is 6.07 Å². The number of halogens is 1. The SMILES string of the molecule is CC(C)C(C)NC(=O)COC(=O)C(NC(=O)c1ccc([N+](=O)[O-])cc1Cl)C(C)C. The van der Waals surface area contributed by atoms with E-state index in [2.05, 4.69) is 10.6 Å². The van der Waals surface area contributed by atoms with Gasteiger partial charge in [-0.15, -0.1) is 0 Å².